The van der Waals surface area contributed by atoms with Crippen molar-refractivity contribution in [1.29, 1.82) is 0 Å². The Balaban J connectivity index is 0.000000544. The molecule has 0 aromatic rings. The molecule has 0 aliphatic carbocycles. The largest absolute Gasteiger partial charge is 0.468 e. The van der Waals surface area contributed by atoms with Gasteiger partial charge in [-0.1, -0.05) is 6.92 Å². The number of esters is 1. The summed E-state index contributed by atoms with van der Waals surface area (Å²) in [5, 5.41) is 2.78. The number of likely N-dealkylation sites (tertiary alicyclic amines) is 1. The predicted molar refractivity (Wildman–Crippen MR) is 105 cm³/mol. The van der Waals surface area contributed by atoms with Gasteiger partial charge in [0, 0.05) is 5.54 Å². The number of ether oxygens (including phenoxy) is 1. The molecule has 0 aromatic carbocycles. The zero-order valence-electron chi connectivity index (χ0n) is 18.1. The lowest BCUT2D eigenvalue weighted by atomic mass is 9.78. The third-order valence-electron chi connectivity index (χ3n) is 6.08. The Hall–Kier alpha value is -0.740. The summed E-state index contributed by atoms with van der Waals surface area (Å²) in [7, 11) is 0.984. The molecule has 2 heterocycles. The fourth-order valence-electron chi connectivity index (χ4n) is 3.61. The SMILES string of the molecule is CC(C)(C)N1CCC(C)(C(F)(F)F)CC1.COC(=O)C1(C(F)(F)F)CCNCC1.Cl. The molecule has 0 bridgehead atoms. The van der Waals surface area contributed by atoms with Crippen LogP contribution in [0.25, 0.3) is 0 Å². The van der Waals surface area contributed by atoms with Crippen molar-refractivity contribution in [2.45, 2.75) is 71.3 Å². The average molecular weight is 471 g/mol. The Kier molecular flexibility index (Phi) is 10.00. The highest BCUT2D eigenvalue weighted by atomic mass is 35.5. The van der Waals surface area contributed by atoms with Gasteiger partial charge in [0.15, 0.2) is 5.41 Å². The van der Waals surface area contributed by atoms with E-state index >= 15 is 0 Å². The van der Waals surface area contributed by atoms with Crippen molar-refractivity contribution in [3.63, 3.8) is 0 Å². The summed E-state index contributed by atoms with van der Waals surface area (Å²) in [4.78, 5) is 13.3. The number of carbonyl (C=O) groups excluding carboxylic acids is 1. The van der Waals surface area contributed by atoms with Gasteiger partial charge in [-0.05, 0) is 72.6 Å². The van der Waals surface area contributed by atoms with E-state index in [1.165, 1.54) is 6.92 Å². The molecular weight excluding hydrogens is 438 g/mol. The summed E-state index contributed by atoms with van der Waals surface area (Å²) in [6, 6.07) is 0. The van der Waals surface area contributed by atoms with E-state index in [0.29, 0.717) is 13.1 Å². The van der Waals surface area contributed by atoms with Crippen LogP contribution < -0.4 is 5.32 Å². The number of alkyl halides is 6. The van der Waals surface area contributed by atoms with Gasteiger partial charge >= 0.3 is 18.3 Å². The molecule has 4 nitrogen and oxygen atoms in total. The van der Waals surface area contributed by atoms with E-state index in [0.717, 1.165) is 7.11 Å². The van der Waals surface area contributed by atoms with Crippen LogP contribution in [0.15, 0.2) is 0 Å². The van der Waals surface area contributed by atoms with Crippen LogP contribution in [0.5, 0.6) is 0 Å². The predicted octanol–water partition coefficient (Wildman–Crippen LogP) is 4.96. The van der Waals surface area contributed by atoms with Gasteiger partial charge in [0.25, 0.3) is 0 Å². The molecule has 0 saturated carbocycles. The standard InChI is InChI=1S/C11H20F3N.C8H12F3NO2.ClH/c1-9(2,3)15-7-5-10(4,6-8-15)11(12,13)14;1-14-6(13)7(8(9,10)11)2-4-12-5-3-7;/h5-8H2,1-4H3;12H,2-5H2,1H3;1H. The first-order chi connectivity index (χ1) is 13.0. The topological polar surface area (TPSA) is 41.6 Å². The molecule has 0 spiro atoms. The minimum Gasteiger partial charge on any atom is -0.468 e. The second-order valence-corrected chi connectivity index (χ2v) is 9.04. The summed E-state index contributed by atoms with van der Waals surface area (Å²) >= 11 is 0. The van der Waals surface area contributed by atoms with E-state index in [1.54, 1.807) is 0 Å². The van der Waals surface area contributed by atoms with Crippen molar-refractivity contribution in [3.8, 4) is 0 Å². The molecular formula is C19H33ClF6N2O2. The second-order valence-electron chi connectivity index (χ2n) is 9.04. The van der Waals surface area contributed by atoms with E-state index in [-0.39, 0.29) is 56.7 Å². The van der Waals surface area contributed by atoms with Crippen molar-refractivity contribution in [2.75, 3.05) is 33.3 Å². The first-order valence-electron chi connectivity index (χ1n) is 9.68. The minimum absolute atomic E-state index is 0. The Morgan fingerprint density at radius 2 is 1.33 bits per heavy atom. The number of rotatable bonds is 1. The van der Waals surface area contributed by atoms with Gasteiger partial charge < -0.3 is 10.1 Å². The summed E-state index contributed by atoms with van der Waals surface area (Å²) < 4.78 is 80.5. The van der Waals surface area contributed by atoms with Gasteiger partial charge in [-0.2, -0.15) is 26.3 Å². The highest BCUT2D eigenvalue weighted by Gasteiger charge is 2.61. The maximum atomic E-state index is 12.7. The smallest absolute Gasteiger partial charge is 0.405 e. The zero-order chi connectivity index (χ0) is 22.7. The number of carbonyl (C=O) groups is 1. The maximum Gasteiger partial charge on any atom is 0.405 e. The Morgan fingerprint density at radius 3 is 1.63 bits per heavy atom. The van der Waals surface area contributed by atoms with Crippen LogP contribution in [-0.4, -0.2) is 62.0 Å². The molecule has 180 valence electrons. The molecule has 0 amide bonds. The molecule has 2 saturated heterocycles. The molecule has 2 aliphatic heterocycles. The zero-order valence-corrected chi connectivity index (χ0v) is 18.9. The third-order valence-corrected chi connectivity index (χ3v) is 6.08. The quantitative estimate of drug-likeness (QED) is 0.434. The van der Waals surface area contributed by atoms with E-state index in [4.69, 9.17) is 0 Å². The van der Waals surface area contributed by atoms with Gasteiger partial charge in [-0.15, -0.1) is 12.4 Å². The van der Waals surface area contributed by atoms with Crippen LogP contribution in [0.1, 0.15) is 53.4 Å². The molecule has 2 rings (SSSR count). The summed E-state index contributed by atoms with van der Waals surface area (Å²) in [5.41, 5.74) is -3.80. The summed E-state index contributed by atoms with van der Waals surface area (Å²) in [6.07, 6.45) is -8.65. The Bertz CT molecular complexity index is 547. The number of nitrogens with zero attached hydrogens (tertiary/aromatic N) is 1. The molecule has 11 heteroatoms. The lowest BCUT2D eigenvalue weighted by molar-refractivity contribution is -0.239. The van der Waals surface area contributed by atoms with E-state index in [1.807, 2.05) is 20.8 Å². The van der Waals surface area contributed by atoms with Crippen LogP contribution in [0.3, 0.4) is 0 Å². The van der Waals surface area contributed by atoms with Gasteiger partial charge in [-0.25, -0.2) is 0 Å². The molecule has 0 radical (unpaired) electrons. The first-order valence-corrected chi connectivity index (χ1v) is 9.68. The van der Waals surface area contributed by atoms with E-state index in [9.17, 15) is 31.1 Å². The van der Waals surface area contributed by atoms with Gasteiger partial charge in [0.05, 0.1) is 12.5 Å². The van der Waals surface area contributed by atoms with Crippen LogP contribution in [0.4, 0.5) is 26.3 Å². The van der Waals surface area contributed by atoms with Crippen molar-refractivity contribution >= 4 is 18.4 Å². The second kappa shape index (κ2) is 10.3. The van der Waals surface area contributed by atoms with Gasteiger partial charge in [0.1, 0.15) is 0 Å². The summed E-state index contributed by atoms with van der Waals surface area (Å²) in [5.74, 6) is -1.17. The lowest BCUT2D eigenvalue weighted by Crippen LogP contribution is -2.52. The molecule has 2 aliphatic rings. The number of halogens is 7. The fraction of sp³-hybridized carbons (Fsp3) is 0.947. The first kappa shape index (κ1) is 29.3. The number of hydrogen-bond acceptors (Lipinski definition) is 4. The molecule has 0 atom stereocenters. The van der Waals surface area contributed by atoms with Crippen molar-refractivity contribution in [1.82, 2.24) is 10.2 Å². The third kappa shape index (κ3) is 6.63. The average Bonchev–Trinajstić information content (AvgIpc) is 2.60. The van der Waals surface area contributed by atoms with Crippen molar-refractivity contribution < 1.29 is 35.9 Å². The fourth-order valence-corrected chi connectivity index (χ4v) is 3.61. The lowest BCUT2D eigenvalue weighted by Gasteiger charge is -2.45. The minimum atomic E-state index is -4.53. The molecule has 1 N–H and O–H groups in total. The molecule has 0 aromatic heterocycles. The van der Waals surface area contributed by atoms with Crippen molar-refractivity contribution in [3.05, 3.63) is 0 Å². The van der Waals surface area contributed by atoms with Crippen molar-refractivity contribution in [2.24, 2.45) is 10.8 Å². The molecule has 30 heavy (non-hydrogen) atoms. The normalized spacial score (nSPS) is 22.2. The van der Waals surface area contributed by atoms with Gasteiger partial charge in [0.2, 0.25) is 0 Å². The highest BCUT2D eigenvalue weighted by molar-refractivity contribution is 5.85. The number of piperidine rings is 2. The van der Waals surface area contributed by atoms with Crippen LogP contribution in [0.2, 0.25) is 0 Å². The van der Waals surface area contributed by atoms with Crippen LogP contribution in [-0.2, 0) is 9.53 Å². The van der Waals surface area contributed by atoms with E-state index in [2.05, 4.69) is 15.0 Å². The van der Waals surface area contributed by atoms with E-state index < -0.39 is 29.2 Å². The Morgan fingerprint density at radius 1 is 0.900 bits per heavy atom. The Labute approximate surface area is 180 Å². The molecule has 2 fully saturated rings. The van der Waals surface area contributed by atoms with Crippen LogP contribution >= 0.6 is 12.4 Å². The monoisotopic (exact) mass is 470 g/mol. The molecule has 0 unspecified atom stereocenters. The number of methoxy groups -OCH3 is 1. The maximum absolute atomic E-state index is 12.7. The highest BCUT2D eigenvalue weighted by Crippen LogP contribution is 2.47. The van der Waals surface area contributed by atoms with Crippen LogP contribution in [0, 0.1) is 10.8 Å². The van der Waals surface area contributed by atoms with Gasteiger partial charge in [-0.3, -0.25) is 9.69 Å². The number of hydrogen-bond donors (Lipinski definition) is 1. The summed E-state index contributed by atoms with van der Waals surface area (Å²) in [6.45, 7) is 8.94. The number of nitrogens with one attached hydrogen (secondary N) is 1.